The summed E-state index contributed by atoms with van der Waals surface area (Å²) in [6.45, 7) is 6.39. The van der Waals surface area contributed by atoms with Crippen LogP contribution in [0.15, 0.2) is 29.2 Å². The summed E-state index contributed by atoms with van der Waals surface area (Å²) in [5.41, 5.74) is 6.25. The molecule has 1 rings (SSSR count). The van der Waals surface area contributed by atoms with E-state index in [4.69, 9.17) is 5.73 Å². The molecule has 130 valence electrons. The highest BCUT2D eigenvalue weighted by molar-refractivity contribution is 7.91. The lowest BCUT2D eigenvalue weighted by Crippen LogP contribution is -2.35. The summed E-state index contributed by atoms with van der Waals surface area (Å²) < 4.78 is 24.7. The van der Waals surface area contributed by atoms with Crippen molar-refractivity contribution in [3.8, 4) is 0 Å². The van der Waals surface area contributed by atoms with Crippen molar-refractivity contribution in [1.82, 2.24) is 4.90 Å². The minimum Gasteiger partial charge on any atom is -0.342 e. The van der Waals surface area contributed by atoms with E-state index in [1.807, 2.05) is 13.8 Å². The molecule has 0 aliphatic heterocycles. The summed E-state index contributed by atoms with van der Waals surface area (Å²) in [7, 11) is -1.76. The minimum atomic E-state index is -3.44. The molecule has 23 heavy (non-hydrogen) atoms. The molecule has 0 spiro atoms. The van der Waals surface area contributed by atoms with Crippen molar-refractivity contribution in [2.24, 2.45) is 11.7 Å². The van der Waals surface area contributed by atoms with Crippen LogP contribution in [0.1, 0.15) is 44.0 Å². The maximum atomic E-state index is 12.6. The van der Waals surface area contributed by atoms with Gasteiger partial charge in [0.25, 0.3) is 5.91 Å². The van der Waals surface area contributed by atoms with E-state index in [9.17, 15) is 13.2 Å². The molecule has 0 aliphatic rings. The van der Waals surface area contributed by atoms with Gasteiger partial charge in [0, 0.05) is 19.6 Å². The van der Waals surface area contributed by atoms with E-state index in [-0.39, 0.29) is 28.2 Å². The van der Waals surface area contributed by atoms with Gasteiger partial charge in [-0.1, -0.05) is 32.9 Å². The van der Waals surface area contributed by atoms with E-state index in [1.165, 1.54) is 6.07 Å². The molecule has 1 aromatic carbocycles. The molecule has 0 saturated carbocycles. The minimum absolute atomic E-state index is 0.0179. The quantitative estimate of drug-likeness (QED) is 0.787. The summed E-state index contributed by atoms with van der Waals surface area (Å²) in [6.07, 6.45) is 1.20. The Morgan fingerprint density at radius 3 is 2.43 bits per heavy atom. The Morgan fingerprint density at radius 2 is 1.87 bits per heavy atom. The Bertz CT molecular complexity index is 626. The molecule has 1 unspecified atom stereocenters. The zero-order valence-electron chi connectivity index (χ0n) is 14.5. The predicted octanol–water partition coefficient (Wildman–Crippen LogP) is 2.32. The zero-order valence-corrected chi connectivity index (χ0v) is 15.3. The third-order valence-electron chi connectivity index (χ3n) is 3.93. The first kappa shape index (κ1) is 19.6. The average molecular weight is 340 g/mol. The van der Waals surface area contributed by atoms with Crippen LogP contribution >= 0.6 is 0 Å². The van der Waals surface area contributed by atoms with Gasteiger partial charge in [-0.15, -0.1) is 0 Å². The topological polar surface area (TPSA) is 80.5 Å². The second-order valence-electron chi connectivity index (χ2n) is 6.24. The molecular weight excluding hydrogens is 312 g/mol. The number of benzene rings is 1. The van der Waals surface area contributed by atoms with Gasteiger partial charge in [0.05, 0.1) is 16.2 Å². The third-order valence-corrected chi connectivity index (χ3v) is 5.90. The number of hydrogen-bond acceptors (Lipinski definition) is 4. The molecule has 0 aliphatic carbocycles. The highest BCUT2D eigenvalue weighted by atomic mass is 32.2. The molecule has 5 nitrogen and oxygen atoms in total. The third kappa shape index (κ3) is 5.32. The van der Waals surface area contributed by atoms with Gasteiger partial charge >= 0.3 is 0 Å². The van der Waals surface area contributed by atoms with Gasteiger partial charge in [0.15, 0.2) is 9.84 Å². The van der Waals surface area contributed by atoms with Crippen molar-refractivity contribution < 1.29 is 13.2 Å². The first-order valence-electron chi connectivity index (χ1n) is 8.03. The van der Waals surface area contributed by atoms with Gasteiger partial charge in [-0.05, 0) is 30.9 Å². The molecule has 1 amide bonds. The lowest BCUT2D eigenvalue weighted by molar-refractivity contribution is 0.0785. The maximum absolute atomic E-state index is 12.6. The van der Waals surface area contributed by atoms with Crippen LogP contribution in [0.3, 0.4) is 0 Å². The van der Waals surface area contributed by atoms with Gasteiger partial charge in [0.1, 0.15) is 0 Å². The van der Waals surface area contributed by atoms with Crippen molar-refractivity contribution in [1.29, 1.82) is 0 Å². The Hall–Kier alpha value is -1.40. The Balaban J connectivity index is 2.96. The number of carbonyl (C=O) groups is 1. The van der Waals surface area contributed by atoms with E-state index in [0.717, 1.165) is 0 Å². The number of amides is 1. The molecule has 0 fully saturated rings. The standard InChI is InChI=1S/C17H28N2O3S/c1-5-12-23(21,22)16-9-7-6-8-14(16)17(20)19(4)11-10-15(18)13(2)3/h6-9,13,15H,5,10-12,18H2,1-4H3. The monoisotopic (exact) mass is 340 g/mol. The molecule has 0 bridgehead atoms. The number of hydrogen-bond donors (Lipinski definition) is 1. The first-order chi connectivity index (χ1) is 10.7. The van der Waals surface area contributed by atoms with Crippen molar-refractivity contribution in [3.05, 3.63) is 29.8 Å². The van der Waals surface area contributed by atoms with Gasteiger partial charge in [-0.25, -0.2) is 8.42 Å². The van der Waals surface area contributed by atoms with E-state index in [0.29, 0.717) is 25.3 Å². The summed E-state index contributed by atoms with van der Waals surface area (Å²) in [5, 5.41) is 0. The van der Waals surface area contributed by atoms with Crippen LogP contribution in [0.5, 0.6) is 0 Å². The Labute approximate surface area is 139 Å². The Morgan fingerprint density at radius 1 is 1.26 bits per heavy atom. The predicted molar refractivity (Wildman–Crippen MR) is 93.2 cm³/mol. The van der Waals surface area contributed by atoms with Crippen LogP contribution < -0.4 is 5.73 Å². The fourth-order valence-corrected chi connectivity index (χ4v) is 3.81. The summed E-state index contributed by atoms with van der Waals surface area (Å²) in [6, 6.07) is 6.43. The van der Waals surface area contributed by atoms with E-state index >= 15 is 0 Å². The fraction of sp³-hybridized carbons (Fsp3) is 0.588. The molecule has 1 atom stereocenters. The largest absolute Gasteiger partial charge is 0.342 e. The van der Waals surface area contributed by atoms with Crippen LogP contribution in [0, 0.1) is 5.92 Å². The van der Waals surface area contributed by atoms with Crippen molar-refractivity contribution in [3.63, 3.8) is 0 Å². The first-order valence-corrected chi connectivity index (χ1v) is 9.68. The van der Waals surface area contributed by atoms with Gasteiger partial charge in [0.2, 0.25) is 0 Å². The zero-order chi connectivity index (χ0) is 17.6. The Kier molecular flexibility index (Phi) is 7.22. The summed E-state index contributed by atoms with van der Waals surface area (Å²) >= 11 is 0. The van der Waals surface area contributed by atoms with Crippen molar-refractivity contribution >= 4 is 15.7 Å². The lowest BCUT2D eigenvalue weighted by atomic mass is 10.0. The van der Waals surface area contributed by atoms with Crippen LogP contribution in [-0.2, 0) is 9.84 Å². The van der Waals surface area contributed by atoms with Crippen LogP contribution in [-0.4, -0.2) is 44.6 Å². The van der Waals surface area contributed by atoms with Crippen molar-refractivity contribution in [2.45, 2.75) is 44.6 Å². The molecule has 0 radical (unpaired) electrons. The highest BCUT2D eigenvalue weighted by Gasteiger charge is 2.23. The number of sulfone groups is 1. The van der Waals surface area contributed by atoms with Crippen LogP contribution in [0.25, 0.3) is 0 Å². The molecule has 0 heterocycles. The lowest BCUT2D eigenvalue weighted by Gasteiger charge is -2.22. The maximum Gasteiger partial charge on any atom is 0.254 e. The highest BCUT2D eigenvalue weighted by Crippen LogP contribution is 2.19. The SMILES string of the molecule is CCCS(=O)(=O)c1ccccc1C(=O)N(C)CCC(N)C(C)C. The van der Waals surface area contributed by atoms with Crippen molar-refractivity contribution in [2.75, 3.05) is 19.3 Å². The summed E-state index contributed by atoms with van der Waals surface area (Å²) in [4.78, 5) is 14.3. The van der Waals surface area contributed by atoms with Crippen LogP contribution in [0.4, 0.5) is 0 Å². The molecule has 2 N–H and O–H groups in total. The van der Waals surface area contributed by atoms with Gasteiger partial charge in [-0.3, -0.25) is 4.79 Å². The number of nitrogens with zero attached hydrogens (tertiary/aromatic N) is 1. The molecular formula is C17H28N2O3S. The second kappa shape index (κ2) is 8.45. The average Bonchev–Trinajstić information content (AvgIpc) is 2.51. The molecule has 1 aromatic rings. The molecule has 0 saturated heterocycles. The number of rotatable bonds is 8. The smallest absolute Gasteiger partial charge is 0.254 e. The normalized spacial score (nSPS) is 13.1. The molecule has 0 aromatic heterocycles. The van der Waals surface area contributed by atoms with Crippen LogP contribution in [0.2, 0.25) is 0 Å². The number of nitrogens with two attached hydrogens (primary N) is 1. The summed E-state index contributed by atoms with van der Waals surface area (Å²) in [5.74, 6) is 0.103. The van der Waals surface area contributed by atoms with Gasteiger partial charge < -0.3 is 10.6 Å². The molecule has 6 heteroatoms. The number of carbonyl (C=O) groups excluding carboxylic acids is 1. The van der Waals surface area contributed by atoms with E-state index in [2.05, 4.69) is 0 Å². The van der Waals surface area contributed by atoms with E-state index < -0.39 is 9.84 Å². The van der Waals surface area contributed by atoms with Gasteiger partial charge in [-0.2, -0.15) is 0 Å². The second-order valence-corrected chi connectivity index (χ2v) is 8.32. The van der Waals surface area contributed by atoms with E-state index in [1.54, 1.807) is 37.1 Å². The fourth-order valence-electron chi connectivity index (χ4n) is 2.28.